The summed E-state index contributed by atoms with van der Waals surface area (Å²) in [6.07, 6.45) is 3.82. The Morgan fingerprint density at radius 2 is 1.90 bits per heavy atom. The average Bonchev–Trinajstić information content (AvgIpc) is 2.93. The fraction of sp³-hybridized carbons (Fsp3) is 0.652. The largest absolute Gasteiger partial charge is 0.444 e. The molecule has 2 atom stereocenters. The molecule has 1 amide bonds. The van der Waals surface area contributed by atoms with Crippen LogP contribution in [0.5, 0.6) is 0 Å². The maximum atomic E-state index is 13.8. The summed E-state index contributed by atoms with van der Waals surface area (Å²) in [5.74, 6) is -0.438. The summed E-state index contributed by atoms with van der Waals surface area (Å²) in [4.78, 5) is 19.1. The first-order chi connectivity index (χ1) is 14.7. The van der Waals surface area contributed by atoms with E-state index in [2.05, 4.69) is 15.6 Å². The molecule has 8 heteroatoms. The number of piperidine rings is 1. The van der Waals surface area contributed by atoms with Crippen molar-refractivity contribution in [3.8, 4) is 0 Å². The van der Waals surface area contributed by atoms with Gasteiger partial charge in [-0.25, -0.2) is 13.6 Å². The molecule has 2 heterocycles. The molecule has 2 aliphatic heterocycles. The number of amides is 1. The molecule has 2 fully saturated rings. The minimum atomic E-state index is -0.577. The van der Waals surface area contributed by atoms with Crippen LogP contribution in [-0.4, -0.2) is 53.8 Å². The molecule has 31 heavy (non-hydrogen) atoms. The number of nitrogens with zero attached hydrogens (tertiary/aromatic N) is 2. The van der Waals surface area contributed by atoms with Crippen LogP contribution in [0.2, 0.25) is 0 Å². The predicted molar refractivity (Wildman–Crippen MR) is 117 cm³/mol. The summed E-state index contributed by atoms with van der Waals surface area (Å²) in [7, 11) is 0. The van der Waals surface area contributed by atoms with Gasteiger partial charge in [0.2, 0.25) is 0 Å². The average molecular weight is 437 g/mol. The highest BCUT2D eigenvalue weighted by atomic mass is 19.1. The fourth-order valence-corrected chi connectivity index (χ4v) is 4.43. The van der Waals surface area contributed by atoms with E-state index in [-0.39, 0.29) is 24.2 Å². The van der Waals surface area contributed by atoms with Gasteiger partial charge in [-0.15, -0.1) is 0 Å². The molecule has 1 aromatic carbocycles. The zero-order valence-electron chi connectivity index (χ0n) is 18.9. The molecule has 0 aliphatic carbocycles. The van der Waals surface area contributed by atoms with E-state index in [0.717, 1.165) is 31.7 Å². The number of hydrogen-bond acceptors (Lipinski definition) is 3. The van der Waals surface area contributed by atoms with E-state index in [9.17, 15) is 13.6 Å². The number of hydrogen-bond donors (Lipinski definition) is 2. The van der Waals surface area contributed by atoms with E-state index in [1.807, 2.05) is 32.6 Å². The molecule has 0 radical (unpaired) electrons. The van der Waals surface area contributed by atoms with Crippen molar-refractivity contribution in [1.29, 1.82) is 0 Å². The van der Waals surface area contributed by atoms with Gasteiger partial charge < -0.3 is 20.3 Å². The van der Waals surface area contributed by atoms with Crippen molar-refractivity contribution >= 4 is 12.1 Å². The Bertz CT molecular complexity index is 795. The van der Waals surface area contributed by atoms with Crippen LogP contribution >= 0.6 is 0 Å². The maximum absolute atomic E-state index is 13.8. The number of ether oxygens (including phenoxy) is 1. The van der Waals surface area contributed by atoms with Crippen molar-refractivity contribution in [3.63, 3.8) is 0 Å². The summed E-state index contributed by atoms with van der Waals surface area (Å²) in [6.45, 7) is 8.75. The Balaban J connectivity index is 1.57. The quantitative estimate of drug-likeness (QED) is 0.541. The molecule has 0 spiro atoms. The van der Waals surface area contributed by atoms with Gasteiger partial charge in [0.25, 0.3) is 0 Å². The zero-order chi connectivity index (χ0) is 22.6. The molecule has 0 aromatic heterocycles. The molecule has 2 unspecified atom stereocenters. The third-order valence-corrected chi connectivity index (χ3v) is 5.69. The van der Waals surface area contributed by atoms with Crippen LogP contribution in [0, 0.1) is 11.6 Å². The number of aliphatic imine (C=N–C) groups is 1. The first kappa shape index (κ1) is 23.3. The Hall–Kier alpha value is -2.38. The highest BCUT2D eigenvalue weighted by Crippen LogP contribution is 2.36. The Morgan fingerprint density at radius 1 is 1.23 bits per heavy atom. The standard InChI is InChI=1S/C23H34F2N4O2/c1-5-26-21(27-11-10-15-6-7-16(24)12-20(15)25)28-17-13-18-8-9-19(14-17)29(18)22(30)31-23(2,3)4/h6-7,12,17-19H,5,8-11,13-14H2,1-4H3,(H2,26,27,28). The lowest BCUT2D eigenvalue weighted by atomic mass is 9.98. The predicted octanol–water partition coefficient (Wildman–Crippen LogP) is 3.99. The van der Waals surface area contributed by atoms with Crippen molar-refractivity contribution in [2.24, 2.45) is 4.99 Å². The molecular formula is C23H34F2N4O2. The van der Waals surface area contributed by atoms with Gasteiger partial charge in [-0.05, 0) is 71.4 Å². The molecule has 2 saturated heterocycles. The molecule has 2 bridgehead atoms. The maximum Gasteiger partial charge on any atom is 0.410 e. The highest BCUT2D eigenvalue weighted by Gasteiger charge is 2.45. The van der Waals surface area contributed by atoms with Crippen LogP contribution in [0.1, 0.15) is 58.9 Å². The number of rotatable bonds is 5. The normalized spacial score (nSPS) is 23.6. The number of benzene rings is 1. The van der Waals surface area contributed by atoms with Crippen LogP contribution < -0.4 is 10.6 Å². The van der Waals surface area contributed by atoms with Gasteiger partial charge in [0.05, 0.1) is 0 Å². The van der Waals surface area contributed by atoms with Gasteiger partial charge in [0.1, 0.15) is 17.2 Å². The Kier molecular flexibility index (Phi) is 7.38. The first-order valence-electron chi connectivity index (χ1n) is 11.2. The number of fused-ring (bicyclic) bond motifs is 2. The van der Waals surface area contributed by atoms with E-state index in [1.165, 1.54) is 12.1 Å². The van der Waals surface area contributed by atoms with E-state index in [4.69, 9.17) is 4.74 Å². The topological polar surface area (TPSA) is 66.0 Å². The van der Waals surface area contributed by atoms with E-state index >= 15 is 0 Å². The number of carbonyl (C=O) groups is 1. The van der Waals surface area contributed by atoms with Crippen molar-refractivity contribution in [3.05, 3.63) is 35.4 Å². The second-order valence-corrected chi connectivity index (χ2v) is 9.33. The smallest absolute Gasteiger partial charge is 0.410 e. The molecule has 6 nitrogen and oxygen atoms in total. The number of guanidine groups is 1. The van der Waals surface area contributed by atoms with Crippen molar-refractivity contribution in [2.45, 2.75) is 83.5 Å². The van der Waals surface area contributed by atoms with Crippen LogP contribution in [0.15, 0.2) is 23.2 Å². The Morgan fingerprint density at radius 3 is 2.48 bits per heavy atom. The van der Waals surface area contributed by atoms with Gasteiger partial charge >= 0.3 is 6.09 Å². The molecular weight excluding hydrogens is 402 g/mol. The summed E-state index contributed by atoms with van der Waals surface area (Å²) in [6, 6.07) is 4.17. The van der Waals surface area contributed by atoms with E-state index < -0.39 is 17.2 Å². The van der Waals surface area contributed by atoms with Gasteiger partial charge in [-0.1, -0.05) is 6.07 Å². The number of carbonyl (C=O) groups excluding carboxylic acids is 1. The third-order valence-electron chi connectivity index (χ3n) is 5.69. The van der Waals surface area contributed by atoms with E-state index in [1.54, 1.807) is 0 Å². The molecule has 3 rings (SSSR count). The second-order valence-electron chi connectivity index (χ2n) is 9.33. The van der Waals surface area contributed by atoms with Gasteiger partial charge in [0.15, 0.2) is 5.96 Å². The molecule has 2 aliphatic rings. The molecule has 1 aromatic rings. The minimum absolute atomic E-state index is 0.169. The Labute approximate surface area is 183 Å². The lowest BCUT2D eigenvalue weighted by Gasteiger charge is -2.40. The summed E-state index contributed by atoms with van der Waals surface area (Å²) in [5.41, 5.74) is -0.0507. The SMILES string of the molecule is CCNC(=NCCc1ccc(F)cc1F)NC1CC2CCC(C1)N2C(=O)OC(C)(C)C. The van der Waals surface area contributed by atoms with Gasteiger partial charge in [-0.3, -0.25) is 4.99 Å². The lowest BCUT2D eigenvalue weighted by Crippen LogP contribution is -2.55. The third kappa shape index (κ3) is 6.31. The molecule has 0 saturated carbocycles. The highest BCUT2D eigenvalue weighted by molar-refractivity contribution is 5.80. The van der Waals surface area contributed by atoms with Crippen LogP contribution in [0.25, 0.3) is 0 Å². The summed E-state index contributed by atoms with van der Waals surface area (Å²) >= 11 is 0. The summed E-state index contributed by atoms with van der Waals surface area (Å²) in [5, 5.41) is 6.72. The molecule has 2 N–H and O–H groups in total. The van der Waals surface area contributed by atoms with Crippen molar-refractivity contribution < 1.29 is 18.3 Å². The van der Waals surface area contributed by atoms with Gasteiger partial charge in [0, 0.05) is 37.3 Å². The molecule has 172 valence electrons. The summed E-state index contributed by atoms with van der Waals surface area (Å²) < 4.78 is 32.5. The van der Waals surface area contributed by atoms with Crippen LogP contribution in [0.4, 0.5) is 13.6 Å². The van der Waals surface area contributed by atoms with Crippen molar-refractivity contribution in [2.75, 3.05) is 13.1 Å². The zero-order valence-corrected chi connectivity index (χ0v) is 18.9. The number of nitrogens with one attached hydrogen (secondary N) is 2. The minimum Gasteiger partial charge on any atom is -0.444 e. The lowest BCUT2D eigenvalue weighted by molar-refractivity contribution is 0.00545. The van der Waals surface area contributed by atoms with Gasteiger partial charge in [-0.2, -0.15) is 0 Å². The van der Waals surface area contributed by atoms with Crippen LogP contribution in [0.3, 0.4) is 0 Å². The monoisotopic (exact) mass is 436 g/mol. The first-order valence-corrected chi connectivity index (χ1v) is 11.2. The number of halogens is 2. The fourth-order valence-electron chi connectivity index (χ4n) is 4.43. The van der Waals surface area contributed by atoms with Crippen LogP contribution in [-0.2, 0) is 11.2 Å². The van der Waals surface area contributed by atoms with Crippen molar-refractivity contribution in [1.82, 2.24) is 15.5 Å². The van der Waals surface area contributed by atoms with E-state index in [0.29, 0.717) is 31.0 Å². The second kappa shape index (κ2) is 9.83.